The Labute approximate surface area is 135 Å². The van der Waals surface area contributed by atoms with Gasteiger partial charge in [0.05, 0.1) is 23.9 Å². The number of hydrogen-bond donors (Lipinski definition) is 1. The van der Waals surface area contributed by atoms with Crippen molar-refractivity contribution in [1.29, 1.82) is 5.26 Å². The topological polar surface area (TPSA) is 62.1 Å². The van der Waals surface area contributed by atoms with Crippen molar-refractivity contribution in [2.75, 3.05) is 12.4 Å². The van der Waals surface area contributed by atoms with Crippen molar-refractivity contribution in [3.05, 3.63) is 57.0 Å². The highest BCUT2D eigenvalue weighted by Crippen LogP contribution is 2.25. The number of halogens is 2. The monoisotopic (exact) mass is 364 g/mol. The quantitative estimate of drug-likeness (QED) is 0.885. The van der Waals surface area contributed by atoms with Gasteiger partial charge >= 0.3 is 0 Å². The van der Waals surface area contributed by atoms with Crippen molar-refractivity contribution in [3.8, 4) is 11.8 Å². The fourth-order valence-electron chi connectivity index (χ4n) is 1.77. The molecule has 0 aliphatic rings. The Morgan fingerprint density at radius 3 is 2.76 bits per heavy atom. The van der Waals surface area contributed by atoms with E-state index in [-0.39, 0.29) is 0 Å². The fourth-order valence-corrected chi connectivity index (χ4v) is 2.30. The summed E-state index contributed by atoms with van der Waals surface area (Å²) in [4.78, 5) is 12.3. The van der Waals surface area contributed by atoms with Crippen LogP contribution in [-0.4, -0.2) is 13.0 Å². The van der Waals surface area contributed by atoms with E-state index >= 15 is 0 Å². The number of methoxy groups -OCH3 is 1. The third kappa shape index (κ3) is 3.54. The third-order valence-electron chi connectivity index (χ3n) is 2.76. The lowest BCUT2D eigenvalue weighted by Gasteiger charge is -2.11. The highest BCUT2D eigenvalue weighted by molar-refractivity contribution is 9.10. The van der Waals surface area contributed by atoms with Crippen molar-refractivity contribution >= 4 is 39.1 Å². The minimum atomic E-state index is -0.395. The number of benzene rings is 2. The zero-order chi connectivity index (χ0) is 15.4. The van der Waals surface area contributed by atoms with Crippen molar-refractivity contribution < 1.29 is 9.53 Å². The van der Waals surface area contributed by atoms with Crippen LogP contribution >= 0.6 is 27.5 Å². The second kappa shape index (κ2) is 6.61. The molecule has 4 nitrogen and oxygen atoms in total. The summed E-state index contributed by atoms with van der Waals surface area (Å²) in [5.74, 6) is 0.0145. The molecule has 0 bridgehead atoms. The summed E-state index contributed by atoms with van der Waals surface area (Å²) in [5, 5.41) is 12.2. The number of ether oxygens (including phenoxy) is 1. The van der Waals surface area contributed by atoms with Crippen LogP contribution in [0.4, 0.5) is 5.69 Å². The van der Waals surface area contributed by atoms with Gasteiger partial charge in [0.1, 0.15) is 11.8 Å². The zero-order valence-corrected chi connectivity index (χ0v) is 13.3. The van der Waals surface area contributed by atoms with Crippen molar-refractivity contribution in [2.24, 2.45) is 0 Å². The third-order valence-corrected chi connectivity index (χ3v) is 3.48. The maximum atomic E-state index is 12.3. The van der Waals surface area contributed by atoms with Crippen LogP contribution in [0.2, 0.25) is 5.02 Å². The van der Waals surface area contributed by atoms with Crippen LogP contribution in [0.15, 0.2) is 40.9 Å². The number of hydrogen-bond acceptors (Lipinski definition) is 3. The van der Waals surface area contributed by atoms with Crippen LogP contribution in [0, 0.1) is 11.3 Å². The number of amides is 1. The Bertz CT molecular complexity index is 741. The second-order valence-electron chi connectivity index (χ2n) is 4.10. The van der Waals surface area contributed by atoms with Gasteiger partial charge in [-0.3, -0.25) is 4.79 Å². The van der Waals surface area contributed by atoms with Gasteiger partial charge in [0, 0.05) is 9.50 Å². The normalized spacial score (nSPS) is 9.81. The summed E-state index contributed by atoms with van der Waals surface area (Å²) in [6.45, 7) is 0. The molecule has 0 heterocycles. The second-order valence-corrected chi connectivity index (χ2v) is 5.45. The van der Waals surface area contributed by atoms with E-state index in [0.29, 0.717) is 27.6 Å². The van der Waals surface area contributed by atoms with Gasteiger partial charge < -0.3 is 10.1 Å². The molecular weight excluding hydrogens is 356 g/mol. The largest absolute Gasteiger partial charge is 0.496 e. The summed E-state index contributed by atoms with van der Waals surface area (Å²) in [5.41, 5.74) is 1.09. The predicted octanol–water partition coefficient (Wildman–Crippen LogP) is 4.24. The van der Waals surface area contributed by atoms with E-state index in [0.717, 1.165) is 4.47 Å². The first-order chi connectivity index (χ1) is 10.0. The molecule has 0 aliphatic carbocycles. The lowest BCUT2D eigenvalue weighted by Crippen LogP contribution is -2.14. The van der Waals surface area contributed by atoms with Gasteiger partial charge in [-0.05, 0) is 36.4 Å². The Morgan fingerprint density at radius 2 is 2.10 bits per heavy atom. The minimum absolute atomic E-state index is 0.303. The fraction of sp³-hybridized carbons (Fsp3) is 0.0667. The van der Waals surface area contributed by atoms with Crippen molar-refractivity contribution in [1.82, 2.24) is 0 Å². The molecule has 21 heavy (non-hydrogen) atoms. The van der Waals surface area contributed by atoms with Gasteiger partial charge in [-0.1, -0.05) is 27.5 Å². The first-order valence-electron chi connectivity index (χ1n) is 5.89. The molecule has 2 aromatic rings. The zero-order valence-electron chi connectivity index (χ0n) is 11.0. The van der Waals surface area contributed by atoms with E-state index in [9.17, 15) is 4.79 Å². The maximum absolute atomic E-state index is 12.3. The van der Waals surface area contributed by atoms with Crippen LogP contribution in [0.3, 0.4) is 0 Å². The van der Waals surface area contributed by atoms with Crippen molar-refractivity contribution in [3.63, 3.8) is 0 Å². The summed E-state index contributed by atoms with van der Waals surface area (Å²) in [6.07, 6.45) is 0. The highest BCUT2D eigenvalue weighted by Gasteiger charge is 2.14. The molecule has 6 heteroatoms. The number of nitrogens with zero attached hydrogens (tertiary/aromatic N) is 1. The van der Waals surface area contributed by atoms with Crippen LogP contribution in [0.5, 0.6) is 5.75 Å². The molecular formula is C15H10BrClN2O2. The summed E-state index contributed by atoms with van der Waals surface area (Å²) >= 11 is 9.19. The Kier molecular flexibility index (Phi) is 4.84. The molecule has 1 N–H and O–H groups in total. The number of carbonyl (C=O) groups is 1. The maximum Gasteiger partial charge on any atom is 0.259 e. The van der Waals surface area contributed by atoms with E-state index in [2.05, 4.69) is 21.2 Å². The number of anilines is 1. The number of nitrogens with one attached hydrogen (secondary N) is 1. The molecule has 0 aromatic heterocycles. The first kappa shape index (κ1) is 15.4. The lowest BCUT2D eigenvalue weighted by atomic mass is 10.1. The smallest absolute Gasteiger partial charge is 0.259 e. The standard InChI is InChI=1S/C15H10BrClN2O2/c1-21-14-5-3-11(17)7-12(14)15(20)19-13-4-2-10(16)6-9(13)8-18/h2-7H,1H3,(H,19,20). The Hall–Kier alpha value is -2.03. The molecule has 0 atom stereocenters. The lowest BCUT2D eigenvalue weighted by molar-refractivity contribution is 0.102. The molecule has 0 radical (unpaired) electrons. The number of rotatable bonds is 3. The SMILES string of the molecule is COc1ccc(Cl)cc1C(=O)Nc1ccc(Br)cc1C#N. The highest BCUT2D eigenvalue weighted by atomic mass is 79.9. The van der Waals surface area contributed by atoms with Crippen LogP contribution in [0.25, 0.3) is 0 Å². The molecule has 106 valence electrons. The summed E-state index contributed by atoms with van der Waals surface area (Å²) < 4.78 is 5.90. The number of carbonyl (C=O) groups excluding carboxylic acids is 1. The van der Waals surface area contributed by atoms with Crippen LogP contribution < -0.4 is 10.1 Å². The molecule has 2 aromatic carbocycles. The molecule has 1 amide bonds. The predicted molar refractivity (Wildman–Crippen MR) is 84.8 cm³/mol. The molecule has 0 fully saturated rings. The van der Waals surface area contributed by atoms with Gasteiger partial charge in [0.25, 0.3) is 5.91 Å². The van der Waals surface area contributed by atoms with E-state index in [4.69, 9.17) is 21.6 Å². The van der Waals surface area contributed by atoms with Gasteiger partial charge in [0.2, 0.25) is 0 Å². The summed E-state index contributed by atoms with van der Waals surface area (Å²) in [7, 11) is 1.47. The van der Waals surface area contributed by atoms with Crippen LogP contribution in [0.1, 0.15) is 15.9 Å². The van der Waals surface area contributed by atoms with E-state index in [1.54, 1.807) is 30.3 Å². The Balaban J connectivity index is 2.35. The average molecular weight is 366 g/mol. The molecule has 0 saturated carbocycles. The van der Waals surface area contributed by atoms with Gasteiger partial charge in [0.15, 0.2) is 0 Å². The Morgan fingerprint density at radius 1 is 1.33 bits per heavy atom. The molecule has 0 unspecified atom stereocenters. The van der Waals surface area contributed by atoms with Gasteiger partial charge in [-0.2, -0.15) is 5.26 Å². The average Bonchev–Trinajstić information content (AvgIpc) is 2.48. The van der Waals surface area contributed by atoms with Gasteiger partial charge in [-0.15, -0.1) is 0 Å². The van der Waals surface area contributed by atoms with Crippen molar-refractivity contribution in [2.45, 2.75) is 0 Å². The van der Waals surface area contributed by atoms with E-state index < -0.39 is 5.91 Å². The summed E-state index contributed by atoms with van der Waals surface area (Å²) in [6, 6.07) is 11.8. The first-order valence-corrected chi connectivity index (χ1v) is 7.07. The number of nitriles is 1. The molecule has 0 saturated heterocycles. The minimum Gasteiger partial charge on any atom is -0.496 e. The van der Waals surface area contributed by atoms with Gasteiger partial charge in [-0.25, -0.2) is 0 Å². The molecule has 2 rings (SSSR count). The van der Waals surface area contributed by atoms with E-state index in [1.807, 2.05) is 6.07 Å². The molecule has 0 aliphatic heterocycles. The molecule has 0 spiro atoms. The van der Waals surface area contributed by atoms with Crippen LogP contribution in [-0.2, 0) is 0 Å². The van der Waals surface area contributed by atoms with E-state index in [1.165, 1.54) is 13.2 Å².